The molecule has 0 aromatic heterocycles. The predicted molar refractivity (Wildman–Crippen MR) is 98.2 cm³/mol. The summed E-state index contributed by atoms with van der Waals surface area (Å²) >= 11 is 0. The second kappa shape index (κ2) is 7.95. The van der Waals surface area contributed by atoms with Gasteiger partial charge in [0, 0.05) is 44.2 Å². The molecule has 1 atom stereocenters. The number of halogens is 1. The van der Waals surface area contributed by atoms with E-state index in [1.54, 1.807) is 24.8 Å². The van der Waals surface area contributed by atoms with Crippen molar-refractivity contribution >= 4 is 11.9 Å². The van der Waals surface area contributed by atoms with Crippen LogP contribution in [0, 0.1) is 24.1 Å². The summed E-state index contributed by atoms with van der Waals surface area (Å²) in [6, 6.07) is 4.88. The molecule has 0 unspecified atom stereocenters. The lowest BCUT2D eigenvalue weighted by Gasteiger charge is -2.39. The van der Waals surface area contributed by atoms with Gasteiger partial charge < -0.3 is 15.1 Å². The van der Waals surface area contributed by atoms with E-state index in [0.717, 1.165) is 25.7 Å². The van der Waals surface area contributed by atoms with Gasteiger partial charge in [-0.05, 0) is 44.2 Å². The molecule has 0 bridgehead atoms. The number of piperidine rings is 1. The zero-order chi connectivity index (χ0) is 19.6. The van der Waals surface area contributed by atoms with Crippen molar-refractivity contribution in [3.05, 3.63) is 34.6 Å². The second-order valence-electron chi connectivity index (χ2n) is 7.43. The van der Waals surface area contributed by atoms with E-state index >= 15 is 0 Å². The van der Waals surface area contributed by atoms with Crippen LogP contribution in [-0.4, -0.2) is 46.9 Å². The number of nitrogens with one attached hydrogen (secondary N) is 1. The standard InChI is InChI=1S/C20H25FN4O2/c1-13-8-16(19(21)9-15(13)10-22)11-23-20(27)24-7-3-4-18(12-24)25(14(2)26)17-5-6-17/h8-9,17-18H,3-7,11-12H2,1-2H3,(H,23,27)/t18-/m1/s1. The van der Waals surface area contributed by atoms with E-state index in [4.69, 9.17) is 5.26 Å². The minimum Gasteiger partial charge on any atom is -0.335 e. The van der Waals surface area contributed by atoms with Crippen molar-refractivity contribution in [2.75, 3.05) is 13.1 Å². The number of nitriles is 1. The molecular formula is C20H25FN4O2. The maximum atomic E-state index is 14.1. The Morgan fingerprint density at radius 1 is 1.33 bits per heavy atom. The average Bonchev–Trinajstić information content (AvgIpc) is 3.46. The Balaban J connectivity index is 1.60. The smallest absolute Gasteiger partial charge is 0.317 e. The Hall–Kier alpha value is -2.62. The third kappa shape index (κ3) is 4.38. The van der Waals surface area contributed by atoms with Crippen LogP contribution in [-0.2, 0) is 11.3 Å². The first-order chi connectivity index (χ1) is 12.9. The molecule has 7 heteroatoms. The highest BCUT2D eigenvalue weighted by atomic mass is 19.1. The Morgan fingerprint density at radius 3 is 2.70 bits per heavy atom. The monoisotopic (exact) mass is 372 g/mol. The predicted octanol–water partition coefficient (Wildman–Crippen LogP) is 2.69. The first-order valence-electron chi connectivity index (χ1n) is 9.41. The van der Waals surface area contributed by atoms with Gasteiger partial charge in [-0.25, -0.2) is 9.18 Å². The van der Waals surface area contributed by atoms with Gasteiger partial charge in [0.05, 0.1) is 11.6 Å². The van der Waals surface area contributed by atoms with Crippen LogP contribution in [0.25, 0.3) is 0 Å². The van der Waals surface area contributed by atoms with Crippen molar-refractivity contribution in [2.45, 2.75) is 58.2 Å². The summed E-state index contributed by atoms with van der Waals surface area (Å²) in [5.74, 6) is -0.426. The largest absolute Gasteiger partial charge is 0.335 e. The van der Waals surface area contributed by atoms with Gasteiger partial charge >= 0.3 is 6.03 Å². The van der Waals surface area contributed by atoms with Crippen molar-refractivity contribution in [1.29, 1.82) is 5.26 Å². The molecule has 1 saturated carbocycles. The number of hydrogen-bond acceptors (Lipinski definition) is 3. The van der Waals surface area contributed by atoms with Crippen molar-refractivity contribution in [2.24, 2.45) is 0 Å². The summed E-state index contributed by atoms with van der Waals surface area (Å²) in [6.07, 6.45) is 3.83. The van der Waals surface area contributed by atoms with E-state index in [1.807, 2.05) is 11.0 Å². The van der Waals surface area contributed by atoms with E-state index in [-0.39, 0.29) is 24.5 Å². The van der Waals surface area contributed by atoms with Crippen LogP contribution < -0.4 is 5.32 Å². The first kappa shape index (κ1) is 19.2. The third-order valence-electron chi connectivity index (χ3n) is 5.32. The molecule has 144 valence electrons. The van der Waals surface area contributed by atoms with Gasteiger partial charge in [0.25, 0.3) is 0 Å². The van der Waals surface area contributed by atoms with Crippen molar-refractivity contribution < 1.29 is 14.0 Å². The fraction of sp³-hybridized carbons (Fsp3) is 0.550. The molecule has 1 aliphatic carbocycles. The molecule has 2 aliphatic rings. The van der Waals surface area contributed by atoms with Gasteiger partial charge in [0.1, 0.15) is 5.82 Å². The van der Waals surface area contributed by atoms with Gasteiger partial charge in [-0.2, -0.15) is 5.26 Å². The lowest BCUT2D eigenvalue weighted by atomic mass is 10.0. The van der Waals surface area contributed by atoms with Crippen LogP contribution >= 0.6 is 0 Å². The van der Waals surface area contributed by atoms with E-state index in [0.29, 0.717) is 35.8 Å². The maximum absolute atomic E-state index is 14.1. The van der Waals surface area contributed by atoms with Crippen LogP contribution in [0.2, 0.25) is 0 Å². The quantitative estimate of drug-likeness (QED) is 0.883. The molecule has 6 nitrogen and oxygen atoms in total. The zero-order valence-electron chi connectivity index (χ0n) is 15.8. The number of nitrogens with zero attached hydrogens (tertiary/aromatic N) is 3. The van der Waals surface area contributed by atoms with Crippen LogP contribution in [0.5, 0.6) is 0 Å². The normalized spacial score (nSPS) is 19.3. The number of likely N-dealkylation sites (tertiary alicyclic amines) is 1. The highest BCUT2D eigenvalue weighted by Gasteiger charge is 2.38. The topological polar surface area (TPSA) is 76.4 Å². The summed E-state index contributed by atoms with van der Waals surface area (Å²) in [7, 11) is 0. The number of benzene rings is 1. The summed E-state index contributed by atoms with van der Waals surface area (Å²) in [5, 5.41) is 11.7. The van der Waals surface area contributed by atoms with Crippen LogP contribution in [0.4, 0.5) is 9.18 Å². The highest BCUT2D eigenvalue weighted by Crippen LogP contribution is 2.31. The Morgan fingerprint density at radius 2 is 2.07 bits per heavy atom. The molecule has 0 spiro atoms. The molecule has 1 saturated heterocycles. The first-order valence-corrected chi connectivity index (χ1v) is 9.41. The fourth-order valence-corrected chi connectivity index (χ4v) is 3.81. The van der Waals surface area contributed by atoms with Crippen LogP contribution in [0.15, 0.2) is 12.1 Å². The number of amides is 3. The number of carbonyl (C=O) groups is 2. The molecule has 2 fully saturated rings. The summed E-state index contributed by atoms with van der Waals surface area (Å²) < 4.78 is 14.1. The summed E-state index contributed by atoms with van der Waals surface area (Å²) in [6.45, 7) is 4.54. The molecular weight excluding hydrogens is 347 g/mol. The minimum absolute atomic E-state index is 0.0587. The number of carbonyl (C=O) groups excluding carboxylic acids is 2. The number of urea groups is 1. The van der Waals surface area contributed by atoms with E-state index in [1.165, 1.54) is 6.07 Å². The number of hydrogen-bond donors (Lipinski definition) is 1. The SMILES string of the molecule is CC(=O)N(C1CC1)[C@@H]1CCCN(C(=O)NCc2cc(C)c(C#N)cc2F)C1. The lowest BCUT2D eigenvalue weighted by Crippen LogP contribution is -2.53. The molecule has 1 heterocycles. The van der Waals surface area contributed by atoms with Crippen molar-refractivity contribution in [3.8, 4) is 6.07 Å². The molecule has 3 amide bonds. The van der Waals surface area contributed by atoms with Crippen molar-refractivity contribution in [3.63, 3.8) is 0 Å². The summed E-state index contributed by atoms with van der Waals surface area (Å²) in [4.78, 5) is 28.2. The third-order valence-corrected chi connectivity index (χ3v) is 5.32. The number of aryl methyl sites for hydroxylation is 1. The molecule has 3 rings (SSSR count). The molecule has 1 aliphatic heterocycles. The minimum atomic E-state index is -0.495. The summed E-state index contributed by atoms with van der Waals surface area (Å²) in [5.41, 5.74) is 1.34. The maximum Gasteiger partial charge on any atom is 0.317 e. The average molecular weight is 372 g/mol. The molecule has 1 aromatic rings. The molecule has 0 radical (unpaired) electrons. The fourth-order valence-electron chi connectivity index (χ4n) is 3.81. The van der Waals surface area contributed by atoms with E-state index in [9.17, 15) is 14.0 Å². The lowest BCUT2D eigenvalue weighted by molar-refractivity contribution is -0.132. The highest BCUT2D eigenvalue weighted by molar-refractivity contribution is 5.76. The number of rotatable bonds is 4. The van der Waals surface area contributed by atoms with Crippen LogP contribution in [0.1, 0.15) is 49.3 Å². The van der Waals surface area contributed by atoms with Gasteiger partial charge in [-0.15, -0.1) is 0 Å². The van der Waals surface area contributed by atoms with Gasteiger partial charge in [-0.3, -0.25) is 4.79 Å². The van der Waals surface area contributed by atoms with Gasteiger partial charge in [-0.1, -0.05) is 6.07 Å². The molecule has 1 N–H and O–H groups in total. The van der Waals surface area contributed by atoms with Gasteiger partial charge in [0.15, 0.2) is 0 Å². The van der Waals surface area contributed by atoms with Crippen LogP contribution in [0.3, 0.4) is 0 Å². The van der Waals surface area contributed by atoms with E-state index in [2.05, 4.69) is 5.32 Å². The van der Waals surface area contributed by atoms with Gasteiger partial charge in [0.2, 0.25) is 5.91 Å². The Bertz CT molecular complexity index is 785. The Labute approximate surface area is 158 Å². The van der Waals surface area contributed by atoms with Crippen molar-refractivity contribution in [1.82, 2.24) is 15.1 Å². The second-order valence-corrected chi connectivity index (χ2v) is 7.43. The molecule has 27 heavy (non-hydrogen) atoms. The Kier molecular flexibility index (Phi) is 5.64. The van der Waals surface area contributed by atoms with E-state index < -0.39 is 5.82 Å². The zero-order valence-corrected chi connectivity index (χ0v) is 15.8. The molecule has 1 aromatic carbocycles.